The van der Waals surface area contributed by atoms with Crippen LogP contribution in [0.25, 0.3) is 0 Å². The molecule has 0 saturated heterocycles. The van der Waals surface area contributed by atoms with Crippen molar-refractivity contribution >= 4 is 5.78 Å². The Bertz CT molecular complexity index is 393. The predicted octanol–water partition coefficient (Wildman–Crippen LogP) is 2.26. The van der Waals surface area contributed by atoms with E-state index in [-0.39, 0.29) is 11.7 Å². The lowest BCUT2D eigenvalue weighted by atomic mass is 9.98. The highest BCUT2D eigenvalue weighted by atomic mass is 19.1. The van der Waals surface area contributed by atoms with Gasteiger partial charge in [-0.1, -0.05) is 13.8 Å². The second-order valence-electron chi connectivity index (χ2n) is 3.92. The smallest absolute Gasteiger partial charge is 0.170 e. The van der Waals surface area contributed by atoms with Crippen molar-refractivity contribution in [3.05, 3.63) is 29.6 Å². The first-order valence-electron chi connectivity index (χ1n) is 5.68. The Labute approximate surface area is 101 Å². The Hall–Kier alpha value is -1.42. The standard InChI is InChI=1S/C13H18FNO2/c1-4-15-8-9(2)13(16)11-7-10(14)5-6-12(11)17-3/h5-7,9,15H,4,8H2,1-3H3. The number of hydrogen-bond acceptors (Lipinski definition) is 3. The second-order valence-corrected chi connectivity index (χ2v) is 3.92. The van der Waals surface area contributed by atoms with Gasteiger partial charge in [0.2, 0.25) is 0 Å². The summed E-state index contributed by atoms with van der Waals surface area (Å²) in [5, 5.41) is 3.10. The molecule has 0 bridgehead atoms. The molecule has 1 aromatic rings. The molecular formula is C13H18FNO2. The average Bonchev–Trinajstić information content (AvgIpc) is 2.34. The van der Waals surface area contributed by atoms with E-state index in [2.05, 4.69) is 5.32 Å². The lowest BCUT2D eigenvalue weighted by molar-refractivity contribution is 0.0925. The number of halogens is 1. The number of ketones is 1. The molecule has 0 aliphatic carbocycles. The number of carbonyl (C=O) groups excluding carboxylic acids is 1. The number of ether oxygens (including phenoxy) is 1. The lowest BCUT2D eigenvalue weighted by Gasteiger charge is -2.13. The summed E-state index contributed by atoms with van der Waals surface area (Å²) in [4.78, 5) is 12.1. The van der Waals surface area contributed by atoms with Crippen LogP contribution in [0.4, 0.5) is 4.39 Å². The molecule has 0 heterocycles. The van der Waals surface area contributed by atoms with E-state index in [0.29, 0.717) is 17.9 Å². The fourth-order valence-corrected chi connectivity index (χ4v) is 1.59. The quantitative estimate of drug-likeness (QED) is 0.774. The monoisotopic (exact) mass is 239 g/mol. The van der Waals surface area contributed by atoms with E-state index in [4.69, 9.17) is 4.74 Å². The zero-order valence-electron chi connectivity index (χ0n) is 10.4. The fraction of sp³-hybridized carbons (Fsp3) is 0.462. The Morgan fingerprint density at radius 2 is 2.24 bits per heavy atom. The molecule has 1 unspecified atom stereocenters. The molecule has 0 amide bonds. The zero-order chi connectivity index (χ0) is 12.8. The molecule has 4 heteroatoms. The van der Waals surface area contributed by atoms with Gasteiger partial charge in [-0.15, -0.1) is 0 Å². The third-order valence-electron chi connectivity index (χ3n) is 2.58. The van der Waals surface area contributed by atoms with Gasteiger partial charge in [-0.3, -0.25) is 4.79 Å². The van der Waals surface area contributed by atoms with E-state index in [0.717, 1.165) is 6.54 Å². The summed E-state index contributed by atoms with van der Waals surface area (Å²) in [6.07, 6.45) is 0. The molecule has 0 radical (unpaired) electrons. The first kappa shape index (κ1) is 13.6. The first-order valence-corrected chi connectivity index (χ1v) is 5.68. The van der Waals surface area contributed by atoms with Crippen LogP contribution in [0.2, 0.25) is 0 Å². The second kappa shape index (κ2) is 6.35. The van der Waals surface area contributed by atoms with Gasteiger partial charge in [0.05, 0.1) is 12.7 Å². The van der Waals surface area contributed by atoms with Crippen molar-refractivity contribution in [2.24, 2.45) is 5.92 Å². The van der Waals surface area contributed by atoms with Crippen LogP contribution in [-0.4, -0.2) is 26.0 Å². The van der Waals surface area contributed by atoms with Crippen LogP contribution in [0, 0.1) is 11.7 Å². The van der Waals surface area contributed by atoms with E-state index >= 15 is 0 Å². The molecule has 0 aromatic heterocycles. The molecule has 0 aliphatic rings. The average molecular weight is 239 g/mol. The largest absolute Gasteiger partial charge is 0.496 e. The Balaban J connectivity index is 2.90. The number of benzene rings is 1. The SMILES string of the molecule is CCNCC(C)C(=O)c1cc(F)ccc1OC. The summed E-state index contributed by atoms with van der Waals surface area (Å²) in [5.41, 5.74) is 0.304. The van der Waals surface area contributed by atoms with Gasteiger partial charge in [-0.25, -0.2) is 4.39 Å². The molecule has 1 rings (SSSR count). The van der Waals surface area contributed by atoms with E-state index in [1.54, 1.807) is 0 Å². The number of carbonyl (C=O) groups is 1. The highest BCUT2D eigenvalue weighted by Gasteiger charge is 2.19. The van der Waals surface area contributed by atoms with E-state index in [1.807, 2.05) is 13.8 Å². The number of Topliss-reactive ketones (excluding diaryl/α,β-unsaturated/α-hetero) is 1. The van der Waals surface area contributed by atoms with E-state index < -0.39 is 5.82 Å². The maximum atomic E-state index is 13.1. The topological polar surface area (TPSA) is 38.3 Å². The van der Waals surface area contributed by atoms with Crippen molar-refractivity contribution < 1.29 is 13.9 Å². The Kier molecular flexibility index (Phi) is 5.10. The molecule has 1 atom stereocenters. The minimum Gasteiger partial charge on any atom is -0.496 e. The lowest BCUT2D eigenvalue weighted by Crippen LogP contribution is -2.26. The van der Waals surface area contributed by atoms with Gasteiger partial charge in [0, 0.05) is 12.5 Å². The maximum absolute atomic E-state index is 13.1. The Morgan fingerprint density at radius 1 is 1.53 bits per heavy atom. The van der Waals surface area contributed by atoms with E-state index in [1.165, 1.54) is 25.3 Å². The molecular weight excluding hydrogens is 221 g/mol. The van der Waals surface area contributed by atoms with Crippen LogP contribution < -0.4 is 10.1 Å². The zero-order valence-corrected chi connectivity index (χ0v) is 10.4. The van der Waals surface area contributed by atoms with Crippen LogP contribution in [0.15, 0.2) is 18.2 Å². The molecule has 17 heavy (non-hydrogen) atoms. The van der Waals surface area contributed by atoms with Gasteiger partial charge < -0.3 is 10.1 Å². The highest BCUT2D eigenvalue weighted by molar-refractivity contribution is 6.00. The summed E-state index contributed by atoms with van der Waals surface area (Å²) < 4.78 is 18.2. The van der Waals surface area contributed by atoms with Gasteiger partial charge in [0.25, 0.3) is 0 Å². The van der Waals surface area contributed by atoms with Crippen molar-refractivity contribution in [1.82, 2.24) is 5.32 Å². The third-order valence-corrected chi connectivity index (χ3v) is 2.58. The van der Waals surface area contributed by atoms with E-state index in [9.17, 15) is 9.18 Å². The molecule has 1 aromatic carbocycles. The van der Waals surface area contributed by atoms with Crippen molar-refractivity contribution in [3.63, 3.8) is 0 Å². The highest BCUT2D eigenvalue weighted by Crippen LogP contribution is 2.22. The summed E-state index contributed by atoms with van der Waals surface area (Å²) >= 11 is 0. The molecule has 1 N–H and O–H groups in total. The number of nitrogens with one attached hydrogen (secondary N) is 1. The third kappa shape index (κ3) is 3.53. The maximum Gasteiger partial charge on any atom is 0.170 e. The van der Waals surface area contributed by atoms with Gasteiger partial charge in [0.15, 0.2) is 5.78 Å². The number of rotatable bonds is 6. The van der Waals surface area contributed by atoms with Gasteiger partial charge in [0.1, 0.15) is 11.6 Å². The van der Waals surface area contributed by atoms with Crippen molar-refractivity contribution in [1.29, 1.82) is 0 Å². The number of methoxy groups -OCH3 is 1. The minimum atomic E-state index is -0.426. The van der Waals surface area contributed by atoms with Crippen LogP contribution >= 0.6 is 0 Å². The van der Waals surface area contributed by atoms with Gasteiger partial charge >= 0.3 is 0 Å². The van der Waals surface area contributed by atoms with Crippen LogP contribution in [-0.2, 0) is 0 Å². The van der Waals surface area contributed by atoms with Crippen molar-refractivity contribution in [2.45, 2.75) is 13.8 Å². The molecule has 3 nitrogen and oxygen atoms in total. The van der Waals surface area contributed by atoms with Crippen molar-refractivity contribution in [3.8, 4) is 5.75 Å². The normalized spacial score (nSPS) is 12.2. The number of hydrogen-bond donors (Lipinski definition) is 1. The molecule has 0 fully saturated rings. The summed E-state index contributed by atoms with van der Waals surface area (Å²) in [5.74, 6) is -0.322. The van der Waals surface area contributed by atoms with Gasteiger partial charge in [-0.05, 0) is 24.7 Å². The van der Waals surface area contributed by atoms with Crippen molar-refractivity contribution in [2.75, 3.05) is 20.2 Å². The molecule has 0 spiro atoms. The molecule has 0 aliphatic heterocycles. The molecule has 0 saturated carbocycles. The van der Waals surface area contributed by atoms with Crippen LogP contribution in [0.1, 0.15) is 24.2 Å². The first-order chi connectivity index (χ1) is 8.10. The Morgan fingerprint density at radius 3 is 2.82 bits per heavy atom. The fourth-order valence-electron chi connectivity index (χ4n) is 1.59. The van der Waals surface area contributed by atoms with Crippen LogP contribution in [0.5, 0.6) is 5.75 Å². The minimum absolute atomic E-state index is 0.109. The summed E-state index contributed by atoms with van der Waals surface area (Å²) in [6, 6.07) is 3.98. The summed E-state index contributed by atoms with van der Waals surface area (Å²) in [7, 11) is 1.47. The molecule has 94 valence electrons. The predicted molar refractivity (Wildman–Crippen MR) is 65.0 cm³/mol. The van der Waals surface area contributed by atoms with Gasteiger partial charge in [-0.2, -0.15) is 0 Å². The summed E-state index contributed by atoms with van der Waals surface area (Å²) in [6.45, 7) is 5.17. The van der Waals surface area contributed by atoms with Crippen LogP contribution in [0.3, 0.4) is 0 Å².